The van der Waals surface area contributed by atoms with Crippen LogP contribution in [0.4, 0.5) is 5.69 Å². The van der Waals surface area contributed by atoms with Crippen LogP contribution in [0.3, 0.4) is 0 Å². The summed E-state index contributed by atoms with van der Waals surface area (Å²) in [5.74, 6) is 0. The van der Waals surface area contributed by atoms with Gasteiger partial charge in [0.15, 0.2) is 0 Å². The number of nitro benzene ring substituents is 1. The molecular weight excluding hydrogens is 276 g/mol. The molecule has 0 aliphatic heterocycles. The van der Waals surface area contributed by atoms with Crippen molar-refractivity contribution >= 4 is 38.0 Å². The first-order valence-electron chi connectivity index (χ1n) is 3.64. The molecule has 9 heteroatoms. The van der Waals surface area contributed by atoms with Crippen LogP contribution in [0.25, 0.3) is 0 Å². The molecule has 0 saturated carbocycles. The lowest BCUT2D eigenvalue weighted by Gasteiger charge is -2.03. The second-order valence-corrected chi connectivity index (χ2v) is 5.57. The molecule has 0 spiro atoms. The molecule has 1 aromatic carbocycles. The monoisotopic (exact) mass is 278 g/mol. The molecule has 0 unspecified atom stereocenters. The van der Waals surface area contributed by atoms with Gasteiger partial charge in [0, 0.05) is 16.7 Å². The van der Waals surface area contributed by atoms with Crippen LogP contribution < -0.4 is 0 Å². The summed E-state index contributed by atoms with van der Waals surface area (Å²) in [6, 6.07) is 3.57. The summed E-state index contributed by atoms with van der Waals surface area (Å²) < 4.78 is 22.3. The van der Waals surface area contributed by atoms with Crippen LogP contribution in [0.5, 0.6) is 0 Å². The lowest BCUT2D eigenvalue weighted by Crippen LogP contribution is -2.00. The highest BCUT2D eigenvalue weighted by Crippen LogP contribution is 2.33. The summed E-state index contributed by atoms with van der Waals surface area (Å²) in [5, 5.41) is 19.2. The predicted molar refractivity (Wildman–Crippen MR) is 58.1 cm³/mol. The van der Waals surface area contributed by atoms with Crippen molar-refractivity contribution in [3.8, 4) is 6.07 Å². The number of nitrogens with zero attached hydrogens (tertiary/aromatic N) is 2. The second kappa shape index (κ2) is 4.29. The lowest BCUT2D eigenvalue weighted by molar-refractivity contribution is -0.388. The summed E-state index contributed by atoms with van der Waals surface area (Å²) in [5.41, 5.74) is -0.813. The first kappa shape index (κ1) is 12.8. The average Bonchev–Trinajstić information content (AvgIpc) is 2.14. The van der Waals surface area contributed by atoms with E-state index in [1.807, 2.05) is 0 Å². The highest BCUT2D eigenvalue weighted by molar-refractivity contribution is 8.14. The zero-order chi connectivity index (χ0) is 12.5. The maximum atomic E-state index is 11.2. The van der Waals surface area contributed by atoms with Crippen LogP contribution in [-0.4, -0.2) is 13.3 Å². The summed E-state index contributed by atoms with van der Waals surface area (Å²) >= 11 is 3.71. The van der Waals surface area contributed by atoms with Crippen LogP contribution in [0, 0.1) is 21.4 Å². The molecule has 0 aromatic heterocycles. The Morgan fingerprint density at radius 1 is 1.50 bits per heavy atom. The maximum absolute atomic E-state index is 11.2. The number of rotatable bonds is 2. The minimum atomic E-state index is -4.26. The Kier molecular flexibility index (Phi) is 3.42. The smallest absolute Gasteiger partial charge is 0.258 e. The number of benzene rings is 1. The SMILES string of the molecule is N#Cc1ccc([N+](=O)[O-])c(S)c1S(=O)(=O)Cl. The molecule has 0 fully saturated rings. The molecule has 0 radical (unpaired) electrons. The van der Waals surface area contributed by atoms with Gasteiger partial charge in [0.2, 0.25) is 0 Å². The normalized spacial score (nSPS) is 10.8. The van der Waals surface area contributed by atoms with Crippen LogP contribution in [0.1, 0.15) is 5.56 Å². The maximum Gasteiger partial charge on any atom is 0.284 e. The average molecular weight is 279 g/mol. The summed E-state index contributed by atoms with van der Waals surface area (Å²) in [4.78, 5) is 8.64. The van der Waals surface area contributed by atoms with Crippen molar-refractivity contribution in [3.63, 3.8) is 0 Å². The Bertz CT molecular complexity index is 606. The molecule has 0 N–H and O–H groups in total. The van der Waals surface area contributed by atoms with E-state index in [2.05, 4.69) is 12.6 Å². The minimum absolute atomic E-state index is 0.286. The van der Waals surface area contributed by atoms with E-state index < -0.39 is 29.5 Å². The number of nitro groups is 1. The number of thiol groups is 1. The Morgan fingerprint density at radius 3 is 2.44 bits per heavy atom. The van der Waals surface area contributed by atoms with E-state index in [4.69, 9.17) is 15.9 Å². The highest BCUT2D eigenvalue weighted by Gasteiger charge is 2.26. The van der Waals surface area contributed by atoms with Gasteiger partial charge < -0.3 is 0 Å². The van der Waals surface area contributed by atoms with E-state index >= 15 is 0 Å². The highest BCUT2D eigenvalue weighted by atomic mass is 35.7. The standard InChI is InChI=1S/C7H3ClN2O4S2/c8-16(13,14)7-4(3-9)1-2-5(6(7)15)10(11)12/h1-2,15H. The van der Waals surface area contributed by atoms with Crippen molar-refractivity contribution in [3.05, 3.63) is 27.8 Å². The van der Waals surface area contributed by atoms with Crippen molar-refractivity contribution in [1.82, 2.24) is 0 Å². The molecule has 0 atom stereocenters. The predicted octanol–water partition coefficient (Wildman–Crippen LogP) is 1.68. The molecule has 84 valence electrons. The van der Waals surface area contributed by atoms with E-state index in [1.165, 1.54) is 0 Å². The van der Waals surface area contributed by atoms with Gasteiger partial charge in [-0.15, -0.1) is 12.6 Å². The molecule has 0 bridgehead atoms. The third kappa shape index (κ3) is 2.27. The van der Waals surface area contributed by atoms with Gasteiger partial charge in [0.1, 0.15) is 15.9 Å². The fourth-order valence-corrected chi connectivity index (χ4v) is 3.03. The molecule has 1 rings (SSSR count). The molecule has 0 amide bonds. The van der Waals surface area contributed by atoms with Gasteiger partial charge in [-0.25, -0.2) is 8.42 Å². The van der Waals surface area contributed by atoms with Gasteiger partial charge in [0.05, 0.1) is 10.5 Å². The number of hydrogen-bond acceptors (Lipinski definition) is 6. The van der Waals surface area contributed by atoms with Crippen molar-refractivity contribution in [1.29, 1.82) is 5.26 Å². The van der Waals surface area contributed by atoms with Crippen molar-refractivity contribution in [2.24, 2.45) is 0 Å². The number of nitriles is 1. The van der Waals surface area contributed by atoms with E-state index in [0.717, 1.165) is 12.1 Å². The Hall–Kier alpha value is -1.30. The van der Waals surface area contributed by atoms with Gasteiger partial charge in [-0.3, -0.25) is 10.1 Å². The number of hydrogen-bond donors (Lipinski definition) is 1. The van der Waals surface area contributed by atoms with E-state index in [1.54, 1.807) is 6.07 Å². The van der Waals surface area contributed by atoms with E-state index in [-0.39, 0.29) is 5.56 Å². The Morgan fingerprint density at radius 2 is 2.06 bits per heavy atom. The van der Waals surface area contributed by atoms with Crippen LogP contribution in [-0.2, 0) is 9.05 Å². The third-order valence-corrected chi connectivity index (χ3v) is 3.65. The molecule has 1 aromatic rings. The van der Waals surface area contributed by atoms with Gasteiger partial charge in [-0.1, -0.05) is 0 Å². The van der Waals surface area contributed by atoms with Gasteiger partial charge >= 0.3 is 0 Å². The van der Waals surface area contributed by atoms with Gasteiger partial charge in [0.25, 0.3) is 14.7 Å². The summed E-state index contributed by atoms with van der Waals surface area (Å²) in [7, 11) is 0.811. The van der Waals surface area contributed by atoms with E-state index in [0.29, 0.717) is 0 Å². The zero-order valence-corrected chi connectivity index (χ0v) is 9.88. The van der Waals surface area contributed by atoms with Crippen LogP contribution in [0.15, 0.2) is 21.9 Å². The minimum Gasteiger partial charge on any atom is -0.258 e. The lowest BCUT2D eigenvalue weighted by atomic mass is 10.2. The molecule has 0 heterocycles. The van der Waals surface area contributed by atoms with E-state index in [9.17, 15) is 18.5 Å². The fourth-order valence-electron chi connectivity index (χ4n) is 1.04. The topological polar surface area (TPSA) is 101 Å². The van der Waals surface area contributed by atoms with Gasteiger partial charge in [-0.05, 0) is 6.07 Å². The first-order chi connectivity index (χ1) is 7.29. The van der Waals surface area contributed by atoms with Gasteiger partial charge in [-0.2, -0.15) is 5.26 Å². The Labute approximate surface area is 100 Å². The van der Waals surface area contributed by atoms with Crippen LogP contribution >= 0.6 is 23.3 Å². The fraction of sp³-hybridized carbons (Fsp3) is 0. The second-order valence-electron chi connectivity index (χ2n) is 2.62. The number of halogens is 1. The third-order valence-electron chi connectivity index (χ3n) is 1.67. The largest absolute Gasteiger partial charge is 0.284 e. The molecular formula is C7H3ClN2O4S2. The molecule has 6 nitrogen and oxygen atoms in total. The van der Waals surface area contributed by atoms with Crippen LogP contribution in [0.2, 0.25) is 0 Å². The Balaban J connectivity index is 3.76. The molecule has 0 aliphatic carbocycles. The molecule has 0 aliphatic rings. The summed E-state index contributed by atoms with van der Waals surface area (Å²) in [6.45, 7) is 0. The molecule has 16 heavy (non-hydrogen) atoms. The first-order valence-corrected chi connectivity index (χ1v) is 6.39. The summed E-state index contributed by atoms with van der Waals surface area (Å²) in [6.07, 6.45) is 0. The zero-order valence-electron chi connectivity index (χ0n) is 7.42. The van der Waals surface area contributed by atoms with Crippen molar-refractivity contribution in [2.75, 3.05) is 0 Å². The van der Waals surface area contributed by atoms with Crippen molar-refractivity contribution in [2.45, 2.75) is 9.79 Å². The quantitative estimate of drug-likeness (QED) is 0.384. The molecule has 0 saturated heterocycles. The van der Waals surface area contributed by atoms with Crippen molar-refractivity contribution < 1.29 is 13.3 Å².